The van der Waals surface area contributed by atoms with Crippen LogP contribution >= 0.6 is 11.6 Å². The molecule has 96 valence electrons. The van der Waals surface area contributed by atoms with Gasteiger partial charge in [-0.25, -0.2) is 14.1 Å². The molecule has 4 N–H and O–H groups in total. The van der Waals surface area contributed by atoms with Crippen molar-refractivity contribution in [2.24, 2.45) is 0 Å². The van der Waals surface area contributed by atoms with Crippen molar-refractivity contribution in [2.75, 3.05) is 11.6 Å². The second-order valence-corrected chi connectivity index (χ2v) is 4.82. The number of hydrogen-bond acceptors (Lipinski definition) is 3. The Kier molecular flexibility index (Phi) is 3.17. The second-order valence-electron chi connectivity index (χ2n) is 4.39. The van der Waals surface area contributed by atoms with Gasteiger partial charge in [0.1, 0.15) is 17.3 Å². The molecular weight excluding hydrogens is 255 g/mol. The van der Waals surface area contributed by atoms with Crippen LogP contribution in [0.15, 0.2) is 18.2 Å². The number of nitrogens with two attached hydrogens (primary N) is 2. The van der Waals surface area contributed by atoms with E-state index in [0.29, 0.717) is 27.9 Å². The van der Waals surface area contributed by atoms with E-state index < -0.39 is 5.82 Å². The molecular formula is C12H14ClFN4. The van der Waals surface area contributed by atoms with Crippen LogP contribution in [0.3, 0.4) is 0 Å². The molecule has 2 rings (SSSR count). The molecule has 0 atom stereocenters. The number of nitrogen functional groups attached to an aromatic ring is 2. The van der Waals surface area contributed by atoms with E-state index in [9.17, 15) is 4.39 Å². The lowest BCUT2D eigenvalue weighted by molar-refractivity contribution is 0.628. The summed E-state index contributed by atoms with van der Waals surface area (Å²) >= 11 is 5.81. The van der Waals surface area contributed by atoms with Crippen molar-refractivity contribution in [3.8, 4) is 11.3 Å². The van der Waals surface area contributed by atoms with Crippen molar-refractivity contribution in [1.29, 1.82) is 0 Å². The number of nitrogens with zero attached hydrogens (tertiary/aromatic N) is 2. The van der Waals surface area contributed by atoms with Crippen LogP contribution in [0.2, 0.25) is 5.02 Å². The highest BCUT2D eigenvalue weighted by Gasteiger charge is 2.17. The molecule has 1 aromatic carbocycles. The summed E-state index contributed by atoms with van der Waals surface area (Å²) in [5.74, 6) is 6.44. The molecule has 0 spiro atoms. The topological polar surface area (TPSA) is 69.9 Å². The van der Waals surface area contributed by atoms with Gasteiger partial charge in [-0.3, -0.25) is 0 Å². The van der Waals surface area contributed by atoms with Crippen molar-refractivity contribution < 1.29 is 4.39 Å². The first-order valence-corrected chi connectivity index (χ1v) is 5.87. The lowest BCUT2D eigenvalue weighted by Crippen LogP contribution is -2.16. The largest absolute Gasteiger partial charge is 0.382 e. The van der Waals surface area contributed by atoms with Crippen LogP contribution in [-0.2, 0) is 0 Å². The number of aromatic nitrogens is 2. The van der Waals surface area contributed by atoms with Crippen molar-refractivity contribution in [1.82, 2.24) is 9.66 Å². The zero-order valence-electron chi connectivity index (χ0n) is 10.1. The number of hydrogen-bond donors (Lipinski definition) is 2. The maximum Gasteiger partial charge on any atom is 0.150 e. The summed E-state index contributed by atoms with van der Waals surface area (Å²) in [6, 6.07) is 4.16. The Morgan fingerprint density at radius 2 is 2.00 bits per heavy atom. The summed E-state index contributed by atoms with van der Waals surface area (Å²) in [7, 11) is 0. The lowest BCUT2D eigenvalue weighted by Gasteiger charge is -2.04. The predicted molar refractivity (Wildman–Crippen MR) is 71.3 cm³/mol. The molecule has 0 fully saturated rings. The minimum atomic E-state index is -0.436. The summed E-state index contributed by atoms with van der Waals surface area (Å²) in [6.07, 6.45) is 0. The third-order valence-corrected chi connectivity index (χ3v) is 2.85. The summed E-state index contributed by atoms with van der Waals surface area (Å²) in [5, 5.41) is 0.294. The molecule has 0 radical (unpaired) electrons. The number of rotatable bonds is 2. The Balaban J connectivity index is 2.60. The SMILES string of the molecule is CC(C)c1nc(-c2cc(F)cc(Cl)c2)c(N)n1N. The highest BCUT2D eigenvalue weighted by atomic mass is 35.5. The van der Waals surface area contributed by atoms with Gasteiger partial charge in [0, 0.05) is 16.5 Å². The van der Waals surface area contributed by atoms with Crippen LogP contribution in [0.1, 0.15) is 25.6 Å². The summed E-state index contributed by atoms with van der Waals surface area (Å²) < 4.78 is 14.6. The van der Waals surface area contributed by atoms with E-state index in [4.69, 9.17) is 23.2 Å². The number of anilines is 1. The van der Waals surface area contributed by atoms with Gasteiger partial charge in [0.25, 0.3) is 0 Å². The molecule has 0 amide bonds. The van der Waals surface area contributed by atoms with E-state index >= 15 is 0 Å². The molecule has 0 aliphatic rings. The molecule has 0 aliphatic heterocycles. The Morgan fingerprint density at radius 3 is 2.50 bits per heavy atom. The normalized spacial score (nSPS) is 11.2. The fourth-order valence-corrected chi connectivity index (χ4v) is 2.00. The van der Waals surface area contributed by atoms with Crippen LogP contribution in [0, 0.1) is 5.82 Å². The molecule has 0 saturated heterocycles. The lowest BCUT2D eigenvalue weighted by atomic mass is 10.1. The Morgan fingerprint density at radius 1 is 1.33 bits per heavy atom. The van der Waals surface area contributed by atoms with Crippen molar-refractivity contribution >= 4 is 17.4 Å². The third-order valence-electron chi connectivity index (χ3n) is 2.63. The predicted octanol–water partition coefficient (Wildman–Crippen LogP) is 2.76. The van der Waals surface area contributed by atoms with Crippen LogP contribution < -0.4 is 11.6 Å². The van der Waals surface area contributed by atoms with Crippen LogP contribution in [0.25, 0.3) is 11.3 Å². The quantitative estimate of drug-likeness (QED) is 0.823. The van der Waals surface area contributed by atoms with Crippen molar-refractivity contribution in [3.05, 3.63) is 34.9 Å². The second kappa shape index (κ2) is 4.49. The molecule has 0 bridgehead atoms. The monoisotopic (exact) mass is 268 g/mol. The highest BCUT2D eigenvalue weighted by Crippen LogP contribution is 2.30. The fraction of sp³-hybridized carbons (Fsp3) is 0.250. The van der Waals surface area contributed by atoms with E-state index in [0.717, 1.165) is 0 Å². The first-order chi connectivity index (χ1) is 8.40. The molecule has 6 heteroatoms. The third kappa shape index (κ3) is 2.13. The first kappa shape index (κ1) is 12.7. The molecule has 0 saturated carbocycles. The maximum absolute atomic E-state index is 13.3. The van der Waals surface area contributed by atoms with E-state index in [1.807, 2.05) is 13.8 Å². The van der Waals surface area contributed by atoms with E-state index in [2.05, 4.69) is 4.98 Å². The molecule has 2 aromatic rings. The first-order valence-electron chi connectivity index (χ1n) is 5.49. The summed E-state index contributed by atoms with van der Waals surface area (Å²) in [4.78, 5) is 4.35. The minimum Gasteiger partial charge on any atom is -0.382 e. The molecule has 0 aliphatic carbocycles. The molecule has 1 aromatic heterocycles. The zero-order chi connectivity index (χ0) is 13.4. The van der Waals surface area contributed by atoms with Gasteiger partial charge in [-0.2, -0.15) is 0 Å². The fourth-order valence-electron chi connectivity index (χ4n) is 1.77. The zero-order valence-corrected chi connectivity index (χ0v) is 10.9. The van der Waals surface area contributed by atoms with Crippen LogP contribution in [0.5, 0.6) is 0 Å². The molecule has 4 nitrogen and oxygen atoms in total. The average molecular weight is 269 g/mol. The summed E-state index contributed by atoms with van der Waals surface area (Å²) in [5.41, 5.74) is 6.85. The van der Waals surface area contributed by atoms with Crippen LogP contribution in [0.4, 0.5) is 10.2 Å². The van der Waals surface area contributed by atoms with Crippen LogP contribution in [-0.4, -0.2) is 9.66 Å². The minimum absolute atomic E-state index is 0.120. The molecule has 1 heterocycles. The van der Waals surface area contributed by atoms with Gasteiger partial charge < -0.3 is 11.6 Å². The number of benzene rings is 1. The smallest absolute Gasteiger partial charge is 0.150 e. The average Bonchev–Trinajstić information content (AvgIpc) is 2.55. The highest BCUT2D eigenvalue weighted by molar-refractivity contribution is 6.30. The molecule has 18 heavy (non-hydrogen) atoms. The van der Waals surface area contributed by atoms with E-state index in [-0.39, 0.29) is 5.92 Å². The van der Waals surface area contributed by atoms with Gasteiger partial charge in [-0.05, 0) is 18.2 Å². The Hall–Kier alpha value is -1.75. The van der Waals surface area contributed by atoms with Crippen molar-refractivity contribution in [3.63, 3.8) is 0 Å². The van der Waals surface area contributed by atoms with Gasteiger partial charge >= 0.3 is 0 Å². The maximum atomic E-state index is 13.3. The summed E-state index contributed by atoms with van der Waals surface area (Å²) in [6.45, 7) is 3.90. The van der Waals surface area contributed by atoms with Gasteiger partial charge in [-0.15, -0.1) is 0 Å². The Bertz CT molecular complexity index is 572. The van der Waals surface area contributed by atoms with Gasteiger partial charge in [0.15, 0.2) is 5.82 Å². The van der Waals surface area contributed by atoms with Gasteiger partial charge in [0.2, 0.25) is 0 Å². The van der Waals surface area contributed by atoms with E-state index in [1.54, 1.807) is 6.07 Å². The van der Waals surface area contributed by atoms with Gasteiger partial charge in [-0.1, -0.05) is 25.4 Å². The standard InChI is InChI=1S/C12H14ClFN4/c1-6(2)12-17-10(11(15)18(12)16)7-3-8(13)5-9(14)4-7/h3-6H,15-16H2,1-2H3. The Labute approximate surface area is 109 Å². The number of halogens is 2. The molecule has 0 unspecified atom stereocenters. The van der Waals surface area contributed by atoms with Gasteiger partial charge in [0.05, 0.1) is 0 Å². The number of imidazole rings is 1. The van der Waals surface area contributed by atoms with Crippen molar-refractivity contribution in [2.45, 2.75) is 19.8 Å². The van der Waals surface area contributed by atoms with E-state index in [1.165, 1.54) is 16.8 Å².